The molecule has 136 valence electrons. The summed E-state index contributed by atoms with van der Waals surface area (Å²) >= 11 is 0. The Hall–Kier alpha value is -2.67. The Morgan fingerprint density at radius 1 is 1.38 bits per heavy atom. The van der Waals surface area contributed by atoms with Gasteiger partial charge in [-0.2, -0.15) is 0 Å². The van der Waals surface area contributed by atoms with Gasteiger partial charge in [0.05, 0.1) is 17.4 Å². The van der Waals surface area contributed by atoms with E-state index in [1.165, 1.54) is 6.07 Å². The van der Waals surface area contributed by atoms with Crippen molar-refractivity contribution in [3.63, 3.8) is 0 Å². The van der Waals surface area contributed by atoms with Gasteiger partial charge in [-0.05, 0) is 42.9 Å². The molecule has 1 fully saturated rings. The molecule has 1 unspecified atom stereocenters. The van der Waals surface area contributed by atoms with Gasteiger partial charge in [-0.3, -0.25) is 9.20 Å². The number of fused-ring (bicyclic) bond motifs is 1. The first kappa shape index (κ1) is 16.8. The highest BCUT2D eigenvalue weighted by Gasteiger charge is 2.31. The maximum absolute atomic E-state index is 14.9. The molecule has 1 saturated carbocycles. The van der Waals surface area contributed by atoms with Crippen molar-refractivity contribution < 1.29 is 14.3 Å². The number of aromatic carboxylic acids is 1. The van der Waals surface area contributed by atoms with Crippen molar-refractivity contribution in [2.24, 2.45) is 5.73 Å². The average molecular weight is 357 g/mol. The topological polar surface area (TPSA) is 88.0 Å². The van der Waals surface area contributed by atoms with Crippen LogP contribution in [0.25, 0.3) is 5.52 Å². The van der Waals surface area contributed by atoms with Crippen molar-refractivity contribution in [2.75, 3.05) is 18.0 Å². The van der Waals surface area contributed by atoms with E-state index in [4.69, 9.17) is 5.73 Å². The number of nitrogens with two attached hydrogens (primary N) is 1. The van der Waals surface area contributed by atoms with E-state index in [1.54, 1.807) is 6.92 Å². The summed E-state index contributed by atoms with van der Waals surface area (Å²) in [5.41, 5.74) is 7.42. The van der Waals surface area contributed by atoms with Crippen LogP contribution in [0.5, 0.6) is 0 Å². The van der Waals surface area contributed by atoms with E-state index in [0.717, 1.165) is 29.0 Å². The van der Waals surface area contributed by atoms with Crippen molar-refractivity contribution in [2.45, 2.75) is 31.7 Å². The zero-order valence-corrected chi connectivity index (χ0v) is 14.4. The molecular weight excluding hydrogens is 337 g/mol. The number of carbonyl (C=O) groups is 1. The number of aromatic nitrogens is 1. The molecular formula is C19H20FN3O3. The van der Waals surface area contributed by atoms with E-state index in [-0.39, 0.29) is 17.5 Å². The van der Waals surface area contributed by atoms with Crippen LogP contribution in [-0.2, 0) is 0 Å². The minimum Gasteiger partial charge on any atom is -0.477 e. The molecule has 1 aliphatic heterocycles. The Bertz CT molecular complexity index is 1010. The first-order valence-electron chi connectivity index (χ1n) is 8.67. The van der Waals surface area contributed by atoms with Gasteiger partial charge in [0.25, 0.3) is 5.56 Å². The SMILES string of the molecule is Cc1c(N2CC=CC(N)C2)c(F)cn2c(=O)c(C(=O)O)cc(C3CC3)c12. The summed E-state index contributed by atoms with van der Waals surface area (Å²) in [5, 5.41) is 9.34. The van der Waals surface area contributed by atoms with Gasteiger partial charge in [-0.1, -0.05) is 12.2 Å². The normalized spacial score (nSPS) is 20.0. The Balaban J connectivity index is 2.01. The number of rotatable bonds is 3. The molecule has 3 N–H and O–H groups in total. The fourth-order valence-corrected chi connectivity index (χ4v) is 3.82. The van der Waals surface area contributed by atoms with E-state index in [2.05, 4.69) is 0 Å². The number of carboxylic acids is 1. The number of hydrogen-bond donors (Lipinski definition) is 2. The number of aryl methyl sites for hydroxylation is 1. The summed E-state index contributed by atoms with van der Waals surface area (Å²) in [7, 11) is 0. The quantitative estimate of drug-likeness (QED) is 0.821. The van der Waals surface area contributed by atoms with Gasteiger partial charge in [0.1, 0.15) is 5.56 Å². The molecule has 1 aliphatic carbocycles. The molecule has 0 radical (unpaired) electrons. The summed E-state index contributed by atoms with van der Waals surface area (Å²) in [5.74, 6) is -1.63. The molecule has 1 atom stereocenters. The minimum atomic E-state index is -1.29. The Kier molecular flexibility index (Phi) is 3.84. The molecule has 26 heavy (non-hydrogen) atoms. The fraction of sp³-hybridized carbons (Fsp3) is 0.368. The lowest BCUT2D eigenvalue weighted by molar-refractivity contribution is 0.0694. The van der Waals surface area contributed by atoms with Crippen molar-refractivity contribution in [3.8, 4) is 0 Å². The number of carboxylic acid groups (broad SMARTS) is 1. The zero-order valence-electron chi connectivity index (χ0n) is 14.4. The molecule has 4 rings (SSSR count). The molecule has 2 aromatic heterocycles. The molecule has 2 aromatic rings. The molecule has 3 heterocycles. The summed E-state index contributed by atoms with van der Waals surface area (Å²) < 4.78 is 16.1. The summed E-state index contributed by atoms with van der Waals surface area (Å²) in [4.78, 5) is 25.9. The third-order valence-corrected chi connectivity index (χ3v) is 5.15. The van der Waals surface area contributed by atoms with E-state index < -0.39 is 17.3 Å². The van der Waals surface area contributed by atoms with Crippen LogP contribution in [0, 0.1) is 12.7 Å². The second-order valence-electron chi connectivity index (χ2n) is 7.06. The molecule has 6 nitrogen and oxygen atoms in total. The van der Waals surface area contributed by atoms with Crippen LogP contribution in [0.15, 0.2) is 29.2 Å². The van der Waals surface area contributed by atoms with Gasteiger partial charge in [-0.15, -0.1) is 0 Å². The highest BCUT2D eigenvalue weighted by atomic mass is 19.1. The Labute approximate surface area is 149 Å². The van der Waals surface area contributed by atoms with Crippen LogP contribution in [0.1, 0.15) is 40.2 Å². The lowest BCUT2D eigenvalue weighted by Crippen LogP contribution is -2.40. The van der Waals surface area contributed by atoms with E-state index in [1.807, 2.05) is 17.1 Å². The van der Waals surface area contributed by atoms with E-state index >= 15 is 0 Å². The second-order valence-corrected chi connectivity index (χ2v) is 7.06. The Morgan fingerprint density at radius 2 is 2.12 bits per heavy atom. The standard InChI is InChI=1S/C19H20FN3O3/c1-10-16-13(11-4-5-11)7-14(19(25)26)18(24)23(16)9-15(20)17(10)22-6-2-3-12(21)8-22/h2-3,7,9,11-12H,4-6,8,21H2,1H3,(H,25,26). The number of pyridine rings is 2. The molecule has 0 aromatic carbocycles. The van der Waals surface area contributed by atoms with Crippen LogP contribution in [0.4, 0.5) is 10.1 Å². The highest BCUT2D eigenvalue weighted by Crippen LogP contribution is 2.43. The maximum atomic E-state index is 14.9. The van der Waals surface area contributed by atoms with Crippen molar-refractivity contribution in [1.82, 2.24) is 4.40 Å². The van der Waals surface area contributed by atoms with Gasteiger partial charge in [0, 0.05) is 19.1 Å². The molecule has 0 spiro atoms. The van der Waals surface area contributed by atoms with Crippen LogP contribution < -0.4 is 16.2 Å². The number of hydrogen-bond acceptors (Lipinski definition) is 4. The van der Waals surface area contributed by atoms with Crippen molar-refractivity contribution in [3.05, 3.63) is 57.3 Å². The highest BCUT2D eigenvalue weighted by molar-refractivity contribution is 5.89. The molecule has 7 heteroatoms. The fourth-order valence-electron chi connectivity index (χ4n) is 3.82. The lowest BCUT2D eigenvalue weighted by Gasteiger charge is -2.31. The smallest absolute Gasteiger partial charge is 0.341 e. The number of anilines is 1. The maximum Gasteiger partial charge on any atom is 0.341 e. The van der Waals surface area contributed by atoms with Gasteiger partial charge in [0.15, 0.2) is 5.82 Å². The van der Waals surface area contributed by atoms with Crippen LogP contribution in [-0.4, -0.2) is 34.6 Å². The molecule has 0 amide bonds. The zero-order chi connectivity index (χ0) is 18.6. The first-order valence-corrected chi connectivity index (χ1v) is 8.67. The summed E-state index contributed by atoms with van der Waals surface area (Å²) in [6, 6.07) is 1.28. The first-order chi connectivity index (χ1) is 12.4. The molecule has 2 aliphatic rings. The van der Waals surface area contributed by atoms with Gasteiger partial charge < -0.3 is 15.7 Å². The average Bonchev–Trinajstić information content (AvgIpc) is 3.40. The largest absolute Gasteiger partial charge is 0.477 e. The van der Waals surface area contributed by atoms with Crippen LogP contribution in [0.3, 0.4) is 0 Å². The summed E-state index contributed by atoms with van der Waals surface area (Å²) in [6.07, 6.45) is 6.79. The van der Waals surface area contributed by atoms with Gasteiger partial charge >= 0.3 is 5.97 Å². The van der Waals surface area contributed by atoms with Gasteiger partial charge in [0.2, 0.25) is 0 Å². The predicted molar refractivity (Wildman–Crippen MR) is 96.6 cm³/mol. The van der Waals surface area contributed by atoms with E-state index in [0.29, 0.717) is 29.9 Å². The third kappa shape index (κ3) is 2.59. The third-order valence-electron chi connectivity index (χ3n) is 5.15. The number of nitrogens with zero attached hydrogens (tertiary/aromatic N) is 2. The van der Waals surface area contributed by atoms with Crippen molar-refractivity contribution in [1.29, 1.82) is 0 Å². The van der Waals surface area contributed by atoms with Crippen LogP contribution in [0.2, 0.25) is 0 Å². The second kappa shape index (κ2) is 5.95. The molecule has 0 bridgehead atoms. The monoisotopic (exact) mass is 357 g/mol. The minimum absolute atomic E-state index is 0.182. The lowest BCUT2D eigenvalue weighted by atomic mass is 10.0. The van der Waals surface area contributed by atoms with Gasteiger partial charge in [-0.25, -0.2) is 9.18 Å². The number of halogens is 1. The summed E-state index contributed by atoms with van der Waals surface area (Å²) in [6.45, 7) is 2.81. The predicted octanol–water partition coefficient (Wildman–Crippen LogP) is 2.03. The Morgan fingerprint density at radius 3 is 2.73 bits per heavy atom. The van der Waals surface area contributed by atoms with Crippen molar-refractivity contribution >= 4 is 17.2 Å². The molecule has 0 saturated heterocycles. The van der Waals surface area contributed by atoms with E-state index in [9.17, 15) is 19.1 Å². The van der Waals surface area contributed by atoms with Crippen LogP contribution >= 0.6 is 0 Å².